The summed E-state index contributed by atoms with van der Waals surface area (Å²) in [5.74, 6) is 0.947. The first-order chi connectivity index (χ1) is 8.66. The second-order valence-corrected chi connectivity index (χ2v) is 5.66. The van der Waals surface area contributed by atoms with E-state index < -0.39 is 0 Å². The Kier molecular flexibility index (Phi) is 4.54. The van der Waals surface area contributed by atoms with E-state index in [1.54, 1.807) is 0 Å². The largest absolute Gasteiger partial charge is 0.300 e. The third-order valence-electron chi connectivity index (χ3n) is 3.38. The molecule has 0 saturated heterocycles. The van der Waals surface area contributed by atoms with E-state index in [4.69, 9.17) is 0 Å². The predicted molar refractivity (Wildman–Crippen MR) is 74.8 cm³/mol. The molecular formula is C16H23NO. The van der Waals surface area contributed by atoms with Gasteiger partial charge in [-0.2, -0.15) is 0 Å². The Morgan fingerprint density at radius 1 is 1.28 bits per heavy atom. The van der Waals surface area contributed by atoms with Gasteiger partial charge in [0.25, 0.3) is 0 Å². The molecule has 18 heavy (non-hydrogen) atoms. The molecule has 1 aromatic carbocycles. The van der Waals surface area contributed by atoms with Crippen LogP contribution in [0.1, 0.15) is 43.5 Å². The molecule has 0 bridgehead atoms. The maximum absolute atomic E-state index is 12.1. The summed E-state index contributed by atoms with van der Waals surface area (Å²) >= 11 is 0. The molecular weight excluding hydrogens is 222 g/mol. The highest BCUT2D eigenvalue weighted by Gasteiger charge is 2.29. The van der Waals surface area contributed by atoms with Crippen LogP contribution in [0.15, 0.2) is 30.3 Å². The topological polar surface area (TPSA) is 20.3 Å². The van der Waals surface area contributed by atoms with Crippen LogP contribution in [0.25, 0.3) is 0 Å². The van der Waals surface area contributed by atoms with Crippen LogP contribution in [0, 0.1) is 5.92 Å². The molecule has 0 spiro atoms. The molecule has 1 aromatic rings. The zero-order chi connectivity index (χ0) is 13.0. The molecule has 2 rings (SSSR count). The van der Waals surface area contributed by atoms with Crippen molar-refractivity contribution < 1.29 is 4.79 Å². The van der Waals surface area contributed by atoms with Crippen LogP contribution in [0.2, 0.25) is 0 Å². The molecule has 0 atom stereocenters. The molecule has 0 unspecified atom stereocenters. The molecule has 2 nitrogen and oxygen atoms in total. The van der Waals surface area contributed by atoms with Gasteiger partial charge >= 0.3 is 0 Å². The molecule has 1 aliphatic rings. The van der Waals surface area contributed by atoms with Gasteiger partial charge in [-0.25, -0.2) is 0 Å². The Balaban J connectivity index is 1.84. The van der Waals surface area contributed by atoms with Crippen molar-refractivity contribution in [2.24, 2.45) is 5.92 Å². The van der Waals surface area contributed by atoms with E-state index in [1.807, 2.05) is 30.3 Å². The Labute approximate surface area is 110 Å². The number of benzene rings is 1. The number of hydrogen-bond donors (Lipinski definition) is 0. The summed E-state index contributed by atoms with van der Waals surface area (Å²) in [4.78, 5) is 14.5. The van der Waals surface area contributed by atoms with Crippen LogP contribution >= 0.6 is 0 Å². The van der Waals surface area contributed by atoms with Gasteiger partial charge in [-0.05, 0) is 18.8 Å². The van der Waals surface area contributed by atoms with E-state index in [-0.39, 0.29) is 5.78 Å². The molecule has 2 heteroatoms. The van der Waals surface area contributed by atoms with Crippen LogP contribution in [0.5, 0.6) is 0 Å². The lowest BCUT2D eigenvalue weighted by Crippen LogP contribution is -2.32. The van der Waals surface area contributed by atoms with Crippen molar-refractivity contribution >= 4 is 5.78 Å². The lowest BCUT2D eigenvalue weighted by molar-refractivity contribution is 0.0958. The van der Waals surface area contributed by atoms with Gasteiger partial charge in [-0.15, -0.1) is 0 Å². The van der Waals surface area contributed by atoms with Crippen molar-refractivity contribution in [1.29, 1.82) is 0 Å². The molecule has 0 heterocycles. The smallest absolute Gasteiger partial charge is 0.164 e. The minimum atomic E-state index is 0.269. The van der Waals surface area contributed by atoms with E-state index in [2.05, 4.69) is 18.7 Å². The van der Waals surface area contributed by atoms with E-state index in [0.29, 0.717) is 12.3 Å². The number of rotatable bonds is 7. The fourth-order valence-electron chi connectivity index (χ4n) is 2.35. The van der Waals surface area contributed by atoms with Gasteiger partial charge in [-0.3, -0.25) is 9.69 Å². The first-order valence-corrected chi connectivity index (χ1v) is 6.99. The SMILES string of the molecule is CC(C)CN(CCC(=O)c1ccccc1)C1CC1. The maximum Gasteiger partial charge on any atom is 0.164 e. The van der Waals surface area contributed by atoms with Crippen LogP contribution < -0.4 is 0 Å². The molecule has 0 radical (unpaired) electrons. The third-order valence-corrected chi connectivity index (χ3v) is 3.38. The molecule has 0 N–H and O–H groups in total. The minimum Gasteiger partial charge on any atom is -0.300 e. The molecule has 0 aliphatic heterocycles. The van der Waals surface area contributed by atoms with Crippen LogP contribution in [-0.4, -0.2) is 29.8 Å². The number of ketones is 1. The quantitative estimate of drug-likeness (QED) is 0.686. The fourth-order valence-corrected chi connectivity index (χ4v) is 2.35. The Morgan fingerprint density at radius 3 is 2.50 bits per heavy atom. The summed E-state index contributed by atoms with van der Waals surface area (Å²) in [6.45, 7) is 6.52. The van der Waals surface area contributed by atoms with E-state index in [9.17, 15) is 4.79 Å². The highest BCUT2D eigenvalue weighted by Crippen LogP contribution is 2.27. The summed E-state index contributed by atoms with van der Waals surface area (Å²) in [6, 6.07) is 10.4. The molecule has 98 valence electrons. The van der Waals surface area contributed by atoms with E-state index in [0.717, 1.165) is 24.7 Å². The number of carbonyl (C=O) groups is 1. The first kappa shape index (κ1) is 13.3. The third kappa shape index (κ3) is 3.95. The minimum absolute atomic E-state index is 0.269. The Bertz CT molecular complexity index is 381. The summed E-state index contributed by atoms with van der Waals surface area (Å²) < 4.78 is 0. The second kappa shape index (κ2) is 6.14. The molecule has 0 aromatic heterocycles. The average molecular weight is 245 g/mol. The second-order valence-electron chi connectivity index (χ2n) is 5.66. The first-order valence-electron chi connectivity index (χ1n) is 6.99. The monoisotopic (exact) mass is 245 g/mol. The highest BCUT2D eigenvalue weighted by atomic mass is 16.1. The van der Waals surface area contributed by atoms with Crippen molar-refractivity contribution in [2.45, 2.75) is 39.2 Å². The highest BCUT2D eigenvalue weighted by molar-refractivity contribution is 5.96. The lowest BCUT2D eigenvalue weighted by Gasteiger charge is -2.23. The summed E-state index contributed by atoms with van der Waals surface area (Å²) in [7, 11) is 0. The molecule has 1 aliphatic carbocycles. The van der Waals surface area contributed by atoms with E-state index >= 15 is 0 Å². The van der Waals surface area contributed by atoms with Crippen molar-refractivity contribution in [1.82, 2.24) is 4.90 Å². The van der Waals surface area contributed by atoms with Gasteiger partial charge in [0.15, 0.2) is 5.78 Å². The lowest BCUT2D eigenvalue weighted by atomic mass is 10.1. The zero-order valence-electron chi connectivity index (χ0n) is 11.4. The summed E-state index contributed by atoms with van der Waals surface area (Å²) in [6.07, 6.45) is 3.27. The zero-order valence-corrected chi connectivity index (χ0v) is 11.4. The Hall–Kier alpha value is -1.15. The summed E-state index contributed by atoms with van der Waals surface area (Å²) in [5.41, 5.74) is 0.845. The summed E-state index contributed by atoms with van der Waals surface area (Å²) in [5, 5.41) is 0. The number of nitrogens with zero attached hydrogens (tertiary/aromatic N) is 1. The van der Waals surface area contributed by atoms with Gasteiger partial charge in [-0.1, -0.05) is 44.2 Å². The van der Waals surface area contributed by atoms with Gasteiger partial charge < -0.3 is 0 Å². The van der Waals surface area contributed by atoms with Crippen molar-refractivity contribution in [3.8, 4) is 0 Å². The molecule has 0 amide bonds. The van der Waals surface area contributed by atoms with Crippen molar-refractivity contribution in [3.05, 3.63) is 35.9 Å². The van der Waals surface area contributed by atoms with Gasteiger partial charge in [0, 0.05) is 31.1 Å². The number of carbonyl (C=O) groups excluding carboxylic acids is 1. The molecule has 1 saturated carbocycles. The van der Waals surface area contributed by atoms with E-state index in [1.165, 1.54) is 12.8 Å². The molecule has 1 fully saturated rings. The number of hydrogen-bond acceptors (Lipinski definition) is 2. The van der Waals surface area contributed by atoms with Gasteiger partial charge in [0.1, 0.15) is 0 Å². The predicted octanol–water partition coefficient (Wildman–Crippen LogP) is 3.38. The van der Waals surface area contributed by atoms with Crippen molar-refractivity contribution in [2.75, 3.05) is 13.1 Å². The normalized spacial score (nSPS) is 15.3. The van der Waals surface area contributed by atoms with Crippen LogP contribution in [0.4, 0.5) is 0 Å². The average Bonchev–Trinajstić information content (AvgIpc) is 3.19. The van der Waals surface area contributed by atoms with Gasteiger partial charge in [0.2, 0.25) is 0 Å². The Morgan fingerprint density at radius 2 is 1.94 bits per heavy atom. The van der Waals surface area contributed by atoms with Crippen molar-refractivity contribution in [3.63, 3.8) is 0 Å². The van der Waals surface area contributed by atoms with Crippen LogP contribution in [-0.2, 0) is 0 Å². The number of Topliss-reactive ketones (excluding diaryl/α,β-unsaturated/α-hetero) is 1. The van der Waals surface area contributed by atoms with Crippen LogP contribution in [0.3, 0.4) is 0 Å². The standard InChI is InChI=1S/C16H23NO/c1-13(2)12-17(15-8-9-15)11-10-16(18)14-6-4-3-5-7-14/h3-7,13,15H,8-12H2,1-2H3. The maximum atomic E-state index is 12.1. The van der Waals surface area contributed by atoms with Gasteiger partial charge in [0.05, 0.1) is 0 Å². The fraction of sp³-hybridized carbons (Fsp3) is 0.562.